The van der Waals surface area contributed by atoms with Crippen LogP contribution >= 0.6 is 29.1 Å². The van der Waals surface area contributed by atoms with Crippen LogP contribution in [0.25, 0.3) is 0 Å². The first-order chi connectivity index (χ1) is 4.23. The average Bonchev–Trinajstić information content (AvgIpc) is 2.11. The predicted molar refractivity (Wildman–Crippen MR) is 36.1 cm³/mol. The summed E-state index contributed by atoms with van der Waals surface area (Å²) < 4.78 is 0. The Morgan fingerprint density at radius 2 is 1.89 bits per heavy atom. The molecule has 0 bridgehead atoms. The van der Waals surface area contributed by atoms with Gasteiger partial charge in [0, 0.05) is 12.4 Å². The molecule has 0 aliphatic heterocycles. The van der Waals surface area contributed by atoms with Crippen LogP contribution in [0.5, 0.6) is 0 Å². The molecule has 0 fully saturated rings. The summed E-state index contributed by atoms with van der Waals surface area (Å²) in [5, 5.41) is 0. The van der Waals surface area contributed by atoms with Gasteiger partial charge in [0.1, 0.15) is 0 Å². The van der Waals surface area contributed by atoms with Gasteiger partial charge in [0.2, 0.25) is 0 Å². The van der Waals surface area contributed by atoms with E-state index in [1.807, 2.05) is 0 Å². The van der Waals surface area contributed by atoms with Gasteiger partial charge in [-0.25, -0.2) is 4.98 Å². The molecule has 56 valence electrons. The van der Waals surface area contributed by atoms with Gasteiger partial charge in [-0.2, -0.15) is 0 Å². The number of H-pyrrole nitrogens is 1. The first kappa shape index (κ1) is 9.70. The molecule has 0 aliphatic rings. The molecule has 0 atom stereocenters. The summed E-state index contributed by atoms with van der Waals surface area (Å²) in [5.41, 5.74) is 0. The SMILES string of the molecule is [Cl][Rh]([Cl])[Cl].c1c[nH]cn1. The third-order valence-electron chi connectivity index (χ3n) is 0.406. The predicted octanol–water partition coefficient (Wildman–Crippen LogP) is 2.48. The van der Waals surface area contributed by atoms with Crippen molar-refractivity contribution >= 4 is 29.1 Å². The molecule has 1 heterocycles. The van der Waals surface area contributed by atoms with Crippen LogP contribution in [0.2, 0.25) is 0 Å². The summed E-state index contributed by atoms with van der Waals surface area (Å²) >= 11 is -1.66. The van der Waals surface area contributed by atoms with Gasteiger partial charge in [-0.3, -0.25) is 0 Å². The summed E-state index contributed by atoms with van der Waals surface area (Å²) in [4.78, 5) is 6.42. The summed E-state index contributed by atoms with van der Waals surface area (Å²) in [5.74, 6) is 0. The quantitative estimate of drug-likeness (QED) is 0.725. The normalized spacial score (nSPS) is 9.44. The topological polar surface area (TPSA) is 28.7 Å². The van der Waals surface area contributed by atoms with E-state index in [9.17, 15) is 0 Å². The van der Waals surface area contributed by atoms with Crippen molar-refractivity contribution in [2.75, 3.05) is 0 Å². The zero-order chi connectivity index (χ0) is 7.11. The fourth-order valence-corrected chi connectivity index (χ4v) is 0.215. The molecule has 1 rings (SSSR count). The fourth-order valence-electron chi connectivity index (χ4n) is 0.215. The van der Waals surface area contributed by atoms with Gasteiger partial charge in [0.15, 0.2) is 0 Å². The number of imidazole rings is 1. The largest absolute Gasteiger partial charge is 0.351 e. The Kier molecular flexibility index (Phi) is 7.35. The maximum absolute atomic E-state index is 4.94. The van der Waals surface area contributed by atoms with Gasteiger partial charge in [-0.15, -0.1) is 0 Å². The van der Waals surface area contributed by atoms with Crippen molar-refractivity contribution in [3.05, 3.63) is 18.7 Å². The van der Waals surface area contributed by atoms with Crippen molar-refractivity contribution in [1.29, 1.82) is 0 Å². The molecule has 0 saturated carbocycles. The number of hydrogen-bond acceptors (Lipinski definition) is 1. The summed E-state index contributed by atoms with van der Waals surface area (Å²) in [6, 6.07) is 0. The number of hydrogen-bond donors (Lipinski definition) is 1. The van der Waals surface area contributed by atoms with E-state index in [1.54, 1.807) is 18.7 Å². The van der Waals surface area contributed by atoms with E-state index >= 15 is 0 Å². The number of aromatic nitrogens is 2. The minimum Gasteiger partial charge on any atom is -0.351 e. The van der Waals surface area contributed by atoms with E-state index in [1.165, 1.54) is 0 Å². The van der Waals surface area contributed by atoms with Crippen LogP contribution in [-0.2, 0) is 13.0 Å². The Labute approximate surface area is 70.6 Å². The van der Waals surface area contributed by atoms with Crippen LogP contribution in [0.3, 0.4) is 0 Å². The van der Waals surface area contributed by atoms with Gasteiger partial charge >= 0.3 is 42.1 Å². The van der Waals surface area contributed by atoms with Crippen LogP contribution < -0.4 is 0 Å². The molecule has 0 unspecified atom stereocenters. The molecule has 2 nitrogen and oxygen atoms in total. The van der Waals surface area contributed by atoms with E-state index in [-0.39, 0.29) is 0 Å². The zero-order valence-electron chi connectivity index (χ0n) is 4.15. The molecule has 0 radical (unpaired) electrons. The molecular formula is C3H4Cl3N2Rh. The Hall–Kier alpha value is 0.703. The van der Waals surface area contributed by atoms with Crippen molar-refractivity contribution in [1.82, 2.24) is 9.97 Å². The number of rotatable bonds is 0. The van der Waals surface area contributed by atoms with Crippen LogP contribution in [0.1, 0.15) is 0 Å². The van der Waals surface area contributed by atoms with Gasteiger partial charge in [0.25, 0.3) is 0 Å². The van der Waals surface area contributed by atoms with Crippen molar-refractivity contribution in [3.63, 3.8) is 0 Å². The Morgan fingerprint density at radius 3 is 2.00 bits per heavy atom. The third-order valence-corrected chi connectivity index (χ3v) is 0.406. The second-order valence-electron chi connectivity index (χ2n) is 0.903. The van der Waals surface area contributed by atoms with Gasteiger partial charge in [-0.05, 0) is 0 Å². The third kappa shape index (κ3) is 12.0. The van der Waals surface area contributed by atoms with Crippen molar-refractivity contribution in [2.45, 2.75) is 0 Å². The number of halogens is 3. The molecule has 1 aromatic rings. The fraction of sp³-hybridized carbons (Fsp3) is 0. The number of nitrogens with zero attached hydrogens (tertiary/aromatic N) is 1. The maximum atomic E-state index is 4.94. The molecular weight excluding hydrogens is 273 g/mol. The number of aromatic amines is 1. The zero-order valence-corrected chi connectivity index (χ0v) is 8.05. The summed E-state index contributed by atoms with van der Waals surface area (Å²) in [6.07, 6.45) is 5.08. The van der Waals surface area contributed by atoms with E-state index in [0.717, 1.165) is 0 Å². The van der Waals surface area contributed by atoms with Crippen molar-refractivity contribution in [2.24, 2.45) is 0 Å². The Balaban J connectivity index is 0.000000148. The van der Waals surface area contributed by atoms with Gasteiger partial charge in [0.05, 0.1) is 6.33 Å². The molecule has 0 aliphatic carbocycles. The van der Waals surface area contributed by atoms with Crippen molar-refractivity contribution < 1.29 is 13.0 Å². The molecule has 6 heteroatoms. The number of nitrogens with one attached hydrogen (secondary N) is 1. The summed E-state index contributed by atoms with van der Waals surface area (Å²) in [6.45, 7) is 0. The first-order valence-corrected chi connectivity index (χ1v) is 8.14. The van der Waals surface area contributed by atoms with E-state index in [4.69, 9.17) is 29.1 Å². The van der Waals surface area contributed by atoms with Crippen LogP contribution in [-0.4, -0.2) is 9.97 Å². The molecule has 1 N–H and O–H groups in total. The van der Waals surface area contributed by atoms with Crippen LogP contribution in [0.15, 0.2) is 18.7 Å². The van der Waals surface area contributed by atoms with Crippen LogP contribution in [0, 0.1) is 0 Å². The van der Waals surface area contributed by atoms with Crippen LogP contribution in [0.4, 0.5) is 0 Å². The second kappa shape index (κ2) is 6.82. The molecule has 0 amide bonds. The molecule has 9 heavy (non-hydrogen) atoms. The standard InChI is InChI=1S/C3H4N2.3ClH.Rh/c1-2-5-3-4-1;;;;/h1-3H,(H,4,5);3*1H;/q;;;;+3/p-3. The van der Waals surface area contributed by atoms with Gasteiger partial charge < -0.3 is 4.98 Å². The molecule has 0 saturated heterocycles. The molecule has 1 aromatic heterocycles. The van der Waals surface area contributed by atoms with E-state index < -0.39 is 13.0 Å². The van der Waals surface area contributed by atoms with Crippen molar-refractivity contribution in [3.8, 4) is 0 Å². The Morgan fingerprint density at radius 1 is 1.33 bits per heavy atom. The molecule has 0 aromatic carbocycles. The van der Waals surface area contributed by atoms with Gasteiger partial charge in [-0.1, -0.05) is 0 Å². The van der Waals surface area contributed by atoms with E-state index in [2.05, 4.69) is 9.97 Å². The van der Waals surface area contributed by atoms with E-state index in [0.29, 0.717) is 0 Å². The monoisotopic (exact) mass is 276 g/mol. The Bertz CT molecular complexity index is 101. The average molecular weight is 277 g/mol. The maximum Gasteiger partial charge on any atom is 0.0919 e. The minimum absolute atomic E-state index is 1.62. The molecule has 0 spiro atoms. The smallest absolute Gasteiger partial charge is 0.0919 e. The minimum atomic E-state index is -1.66. The second-order valence-corrected chi connectivity index (χ2v) is 8.37. The summed E-state index contributed by atoms with van der Waals surface area (Å²) in [7, 11) is 14.8. The first-order valence-electron chi connectivity index (χ1n) is 1.81.